The van der Waals surface area contributed by atoms with Crippen molar-refractivity contribution in [2.45, 2.75) is 38.2 Å². The fourth-order valence-electron chi connectivity index (χ4n) is 3.04. The van der Waals surface area contributed by atoms with Gasteiger partial charge in [0.2, 0.25) is 5.91 Å². The smallest absolute Gasteiger partial charge is 0.417 e. The van der Waals surface area contributed by atoms with Crippen LogP contribution in [0.25, 0.3) is 0 Å². The molecule has 1 aromatic rings. The molecule has 1 saturated carbocycles. The minimum Gasteiger partial charge on any atom is -0.443 e. The quantitative estimate of drug-likeness (QED) is 0.790. The molecule has 2 aliphatic rings. The summed E-state index contributed by atoms with van der Waals surface area (Å²) in [7, 11) is 0. The molecular formula is C16H19NO3. The van der Waals surface area contributed by atoms with Crippen LogP contribution in [0, 0.1) is 5.92 Å². The predicted octanol–water partition coefficient (Wildman–Crippen LogP) is 2.72. The van der Waals surface area contributed by atoms with Crippen molar-refractivity contribution < 1.29 is 14.3 Å². The standard InChI is InChI=1S/C16H19NO3/c1-15(2,3)20-14(19)17-10-12-9-16(12,13(17)18)11-7-5-4-6-8-11/h4-8,12H,9-10H2,1-3H3/t12-,16+/m0/s1. The largest absolute Gasteiger partial charge is 0.443 e. The Balaban J connectivity index is 1.81. The predicted molar refractivity (Wildman–Crippen MR) is 74.2 cm³/mol. The number of hydrogen-bond acceptors (Lipinski definition) is 3. The van der Waals surface area contributed by atoms with Crippen LogP contribution in [0.15, 0.2) is 30.3 Å². The molecule has 1 heterocycles. The van der Waals surface area contributed by atoms with Crippen molar-refractivity contribution in [1.82, 2.24) is 4.90 Å². The van der Waals surface area contributed by atoms with E-state index < -0.39 is 17.1 Å². The highest BCUT2D eigenvalue weighted by Gasteiger charge is 2.68. The number of amides is 2. The second kappa shape index (κ2) is 4.08. The summed E-state index contributed by atoms with van der Waals surface area (Å²) in [6.45, 7) is 5.89. The van der Waals surface area contributed by atoms with Gasteiger partial charge in [-0.15, -0.1) is 0 Å². The molecule has 2 fully saturated rings. The van der Waals surface area contributed by atoms with Gasteiger partial charge in [0.1, 0.15) is 5.60 Å². The van der Waals surface area contributed by atoms with Gasteiger partial charge >= 0.3 is 6.09 Å². The highest BCUT2D eigenvalue weighted by Crippen LogP contribution is 2.59. The Morgan fingerprint density at radius 2 is 1.95 bits per heavy atom. The lowest BCUT2D eigenvalue weighted by molar-refractivity contribution is -0.130. The van der Waals surface area contributed by atoms with Crippen molar-refractivity contribution in [3.63, 3.8) is 0 Å². The number of benzene rings is 1. The lowest BCUT2D eigenvalue weighted by atomic mass is 9.94. The first kappa shape index (κ1) is 13.2. The van der Waals surface area contributed by atoms with Gasteiger partial charge in [0, 0.05) is 6.54 Å². The van der Waals surface area contributed by atoms with Gasteiger partial charge < -0.3 is 4.74 Å². The van der Waals surface area contributed by atoms with Crippen molar-refractivity contribution in [3.8, 4) is 0 Å². The number of carbonyl (C=O) groups excluding carboxylic acids is 2. The third-order valence-electron chi connectivity index (χ3n) is 4.04. The van der Waals surface area contributed by atoms with Gasteiger partial charge in [0.15, 0.2) is 0 Å². The Hall–Kier alpha value is -1.84. The van der Waals surface area contributed by atoms with E-state index >= 15 is 0 Å². The second-order valence-corrected chi connectivity index (χ2v) is 6.63. The molecular weight excluding hydrogens is 254 g/mol. The van der Waals surface area contributed by atoms with E-state index in [1.165, 1.54) is 4.90 Å². The fraction of sp³-hybridized carbons (Fsp3) is 0.500. The molecule has 0 bridgehead atoms. The van der Waals surface area contributed by atoms with E-state index in [-0.39, 0.29) is 11.8 Å². The Morgan fingerprint density at radius 3 is 2.55 bits per heavy atom. The number of piperidine rings is 1. The van der Waals surface area contributed by atoms with E-state index in [1.807, 2.05) is 30.3 Å². The van der Waals surface area contributed by atoms with E-state index in [4.69, 9.17) is 4.74 Å². The summed E-state index contributed by atoms with van der Waals surface area (Å²) in [5.41, 5.74) is -0.0385. The number of likely N-dealkylation sites (tertiary alicyclic amines) is 1. The molecule has 4 heteroatoms. The van der Waals surface area contributed by atoms with E-state index in [9.17, 15) is 9.59 Å². The number of hydrogen-bond donors (Lipinski definition) is 0. The topological polar surface area (TPSA) is 46.6 Å². The van der Waals surface area contributed by atoms with Crippen LogP contribution < -0.4 is 0 Å². The van der Waals surface area contributed by atoms with Crippen molar-refractivity contribution >= 4 is 12.0 Å². The highest BCUT2D eigenvalue weighted by atomic mass is 16.6. The summed E-state index contributed by atoms with van der Waals surface area (Å²) in [5, 5.41) is 0. The number of carbonyl (C=O) groups is 2. The second-order valence-electron chi connectivity index (χ2n) is 6.63. The van der Waals surface area contributed by atoms with Crippen LogP contribution in [0.2, 0.25) is 0 Å². The van der Waals surface area contributed by atoms with Crippen LogP contribution in [0.4, 0.5) is 4.79 Å². The average molecular weight is 273 g/mol. The van der Waals surface area contributed by atoms with Crippen LogP contribution >= 0.6 is 0 Å². The van der Waals surface area contributed by atoms with Gasteiger partial charge in [-0.3, -0.25) is 4.79 Å². The summed E-state index contributed by atoms with van der Waals surface area (Å²) in [6, 6.07) is 9.74. The van der Waals surface area contributed by atoms with Crippen LogP contribution in [0.5, 0.6) is 0 Å². The average Bonchev–Trinajstić information content (AvgIpc) is 3.03. The first-order valence-corrected chi connectivity index (χ1v) is 6.95. The SMILES string of the molecule is CC(C)(C)OC(=O)N1C[C@@H]2C[C@]2(c2ccccc2)C1=O. The summed E-state index contributed by atoms with van der Waals surface area (Å²) in [5.74, 6) is 0.132. The molecule has 2 atom stereocenters. The van der Waals surface area contributed by atoms with E-state index in [2.05, 4.69) is 0 Å². The minimum atomic E-state index is -0.579. The van der Waals surface area contributed by atoms with Gasteiger partial charge in [-0.25, -0.2) is 9.69 Å². The first-order valence-electron chi connectivity index (χ1n) is 6.95. The molecule has 1 saturated heterocycles. The minimum absolute atomic E-state index is 0.108. The molecule has 1 aliphatic heterocycles. The number of nitrogens with zero attached hydrogens (tertiary/aromatic N) is 1. The highest BCUT2D eigenvalue weighted by molar-refractivity contribution is 6.03. The molecule has 2 amide bonds. The lowest BCUT2D eigenvalue weighted by Crippen LogP contribution is -2.41. The molecule has 0 unspecified atom stereocenters. The van der Waals surface area contributed by atoms with Crippen molar-refractivity contribution in [2.24, 2.45) is 5.92 Å². The van der Waals surface area contributed by atoms with Gasteiger partial charge in [-0.05, 0) is 38.7 Å². The number of fused-ring (bicyclic) bond motifs is 1. The number of ether oxygens (including phenoxy) is 1. The van der Waals surface area contributed by atoms with Gasteiger partial charge in [-0.1, -0.05) is 30.3 Å². The van der Waals surface area contributed by atoms with Crippen LogP contribution in [0.1, 0.15) is 32.8 Å². The summed E-state index contributed by atoms with van der Waals surface area (Å²) in [6.07, 6.45) is 0.319. The van der Waals surface area contributed by atoms with Crippen LogP contribution in [-0.4, -0.2) is 29.0 Å². The van der Waals surface area contributed by atoms with Crippen molar-refractivity contribution in [2.75, 3.05) is 6.54 Å². The summed E-state index contributed by atoms with van der Waals surface area (Å²) >= 11 is 0. The van der Waals surface area contributed by atoms with E-state index in [0.29, 0.717) is 6.54 Å². The molecule has 20 heavy (non-hydrogen) atoms. The lowest BCUT2D eigenvalue weighted by Gasteiger charge is -2.25. The Labute approximate surface area is 118 Å². The molecule has 0 spiro atoms. The zero-order valence-corrected chi connectivity index (χ0v) is 12.1. The van der Waals surface area contributed by atoms with E-state index in [0.717, 1.165) is 12.0 Å². The third-order valence-corrected chi connectivity index (χ3v) is 4.04. The fourth-order valence-corrected chi connectivity index (χ4v) is 3.04. The molecule has 0 N–H and O–H groups in total. The summed E-state index contributed by atoms with van der Waals surface area (Å²) in [4.78, 5) is 26.0. The van der Waals surface area contributed by atoms with Gasteiger partial charge in [-0.2, -0.15) is 0 Å². The molecule has 106 valence electrons. The van der Waals surface area contributed by atoms with Crippen LogP contribution in [0.3, 0.4) is 0 Å². The monoisotopic (exact) mass is 273 g/mol. The molecule has 1 aliphatic carbocycles. The zero-order valence-electron chi connectivity index (χ0n) is 12.1. The normalized spacial score (nSPS) is 28.2. The van der Waals surface area contributed by atoms with Gasteiger partial charge in [0.25, 0.3) is 0 Å². The Kier molecular flexibility index (Phi) is 2.68. The maximum absolute atomic E-state index is 12.6. The number of rotatable bonds is 1. The Morgan fingerprint density at radius 1 is 1.30 bits per heavy atom. The van der Waals surface area contributed by atoms with Crippen molar-refractivity contribution in [1.29, 1.82) is 0 Å². The molecule has 0 aromatic heterocycles. The Bertz CT molecular complexity index is 561. The van der Waals surface area contributed by atoms with Crippen LogP contribution in [-0.2, 0) is 14.9 Å². The molecule has 3 rings (SSSR count). The zero-order chi connectivity index (χ0) is 14.5. The van der Waals surface area contributed by atoms with Gasteiger partial charge in [0.05, 0.1) is 5.41 Å². The van der Waals surface area contributed by atoms with E-state index in [1.54, 1.807) is 20.8 Å². The number of imide groups is 1. The summed E-state index contributed by atoms with van der Waals surface area (Å²) < 4.78 is 5.31. The van der Waals surface area contributed by atoms with Crippen molar-refractivity contribution in [3.05, 3.63) is 35.9 Å². The molecule has 1 aromatic carbocycles. The maximum Gasteiger partial charge on any atom is 0.417 e. The maximum atomic E-state index is 12.6. The molecule has 0 radical (unpaired) electrons. The third kappa shape index (κ3) is 1.90. The first-order chi connectivity index (χ1) is 9.34. The molecule has 4 nitrogen and oxygen atoms in total.